The lowest BCUT2D eigenvalue weighted by Gasteiger charge is -2.16. The minimum Gasteiger partial charge on any atom is -0.361 e. The van der Waals surface area contributed by atoms with Gasteiger partial charge in [-0.25, -0.2) is 9.97 Å². The van der Waals surface area contributed by atoms with Gasteiger partial charge in [0.05, 0.1) is 17.4 Å². The van der Waals surface area contributed by atoms with Crippen molar-refractivity contribution in [1.82, 2.24) is 15.0 Å². The molecule has 2 rings (SSSR count). The van der Waals surface area contributed by atoms with Gasteiger partial charge < -0.3 is 5.32 Å². The highest BCUT2D eigenvalue weighted by Crippen LogP contribution is 2.23. The monoisotopic (exact) mass is 262 g/mol. The summed E-state index contributed by atoms with van der Waals surface area (Å²) < 4.78 is 0. The number of aryl methyl sites for hydroxylation is 2. The van der Waals surface area contributed by atoms with Crippen molar-refractivity contribution in [2.45, 2.75) is 26.8 Å². The number of nitrogens with zero attached hydrogens (tertiary/aromatic N) is 3. The van der Waals surface area contributed by atoms with Crippen LogP contribution in [0.2, 0.25) is 5.15 Å². The van der Waals surface area contributed by atoms with Crippen molar-refractivity contribution in [3.8, 4) is 0 Å². The first-order valence-electron chi connectivity index (χ1n) is 5.75. The van der Waals surface area contributed by atoms with Gasteiger partial charge in [0.2, 0.25) is 0 Å². The zero-order chi connectivity index (χ0) is 13.1. The van der Waals surface area contributed by atoms with E-state index in [9.17, 15) is 0 Å². The molecule has 1 N–H and O–H groups in total. The van der Waals surface area contributed by atoms with Crippen LogP contribution in [0.15, 0.2) is 24.5 Å². The molecule has 0 spiro atoms. The fraction of sp³-hybridized carbons (Fsp3) is 0.308. The van der Waals surface area contributed by atoms with E-state index in [0.29, 0.717) is 11.0 Å². The van der Waals surface area contributed by atoms with Crippen LogP contribution in [0.25, 0.3) is 0 Å². The molecule has 1 unspecified atom stereocenters. The summed E-state index contributed by atoms with van der Waals surface area (Å²) in [5.41, 5.74) is 2.80. The van der Waals surface area contributed by atoms with E-state index in [1.807, 2.05) is 39.1 Å². The lowest BCUT2D eigenvalue weighted by atomic mass is 10.1. The van der Waals surface area contributed by atoms with Gasteiger partial charge in [0, 0.05) is 12.4 Å². The average Bonchev–Trinajstić information content (AvgIpc) is 2.37. The van der Waals surface area contributed by atoms with E-state index in [1.54, 1.807) is 6.20 Å². The van der Waals surface area contributed by atoms with Crippen molar-refractivity contribution in [2.24, 2.45) is 0 Å². The van der Waals surface area contributed by atoms with Gasteiger partial charge in [0.15, 0.2) is 11.0 Å². The van der Waals surface area contributed by atoms with E-state index in [-0.39, 0.29) is 6.04 Å². The molecule has 0 saturated carbocycles. The van der Waals surface area contributed by atoms with Crippen molar-refractivity contribution in [1.29, 1.82) is 0 Å². The number of hydrogen-bond acceptors (Lipinski definition) is 4. The molecule has 5 heteroatoms. The number of aromatic nitrogens is 3. The van der Waals surface area contributed by atoms with E-state index in [0.717, 1.165) is 17.0 Å². The normalized spacial score (nSPS) is 12.2. The molecule has 1 atom stereocenters. The minimum absolute atomic E-state index is 0.0765. The van der Waals surface area contributed by atoms with Gasteiger partial charge in [0.1, 0.15) is 0 Å². The van der Waals surface area contributed by atoms with E-state index >= 15 is 0 Å². The lowest BCUT2D eigenvalue weighted by Crippen LogP contribution is -2.10. The van der Waals surface area contributed by atoms with E-state index < -0.39 is 0 Å². The maximum Gasteiger partial charge on any atom is 0.171 e. The number of halogens is 1. The summed E-state index contributed by atoms with van der Waals surface area (Å²) in [7, 11) is 0. The Morgan fingerprint density at radius 1 is 1.22 bits per heavy atom. The van der Waals surface area contributed by atoms with Gasteiger partial charge in [-0.3, -0.25) is 4.98 Å². The molecular weight excluding hydrogens is 248 g/mol. The molecule has 18 heavy (non-hydrogen) atoms. The Balaban J connectivity index is 2.22. The van der Waals surface area contributed by atoms with Crippen molar-refractivity contribution < 1.29 is 0 Å². The maximum atomic E-state index is 6.08. The number of anilines is 1. The molecule has 2 aromatic heterocycles. The van der Waals surface area contributed by atoms with Gasteiger partial charge in [0.25, 0.3) is 0 Å². The smallest absolute Gasteiger partial charge is 0.171 e. The van der Waals surface area contributed by atoms with E-state index in [1.165, 1.54) is 0 Å². The first-order valence-corrected chi connectivity index (χ1v) is 6.13. The van der Waals surface area contributed by atoms with Crippen LogP contribution in [0.5, 0.6) is 0 Å². The number of rotatable bonds is 3. The van der Waals surface area contributed by atoms with Crippen molar-refractivity contribution in [3.05, 3.63) is 46.6 Å². The van der Waals surface area contributed by atoms with E-state index in [2.05, 4.69) is 20.3 Å². The van der Waals surface area contributed by atoms with Crippen LogP contribution in [0.1, 0.15) is 29.9 Å². The van der Waals surface area contributed by atoms with Crippen LogP contribution in [0.4, 0.5) is 5.82 Å². The molecule has 0 saturated heterocycles. The molecule has 2 heterocycles. The molecule has 0 radical (unpaired) electrons. The fourth-order valence-electron chi connectivity index (χ4n) is 1.59. The molecule has 0 amide bonds. The summed E-state index contributed by atoms with van der Waals surface area (Å²) in [4.78, 5) is 12.7. The largest absolute Gasteiger partial charge is 0.361 e. The lowest BCUT2D eigenvalue weighted by molar-refractivity contribution is 0.858. The summed E-state index contributed by atoms with van der Waals surface area (Å²) in [6.45, 7) is 5.84. The SMILES string of the molecule is Cc1nc(Cl)c(NC(C)c2cccnc2)nc1C. The second kappa shape index (κ2) is 5.31. The molecule has 2 aromatic rings. The van der Waals surface area contributed by atoms with Crippen LogP contribution >= 0.6 is 11.6 Å². The third-order valence-corrected chi connectivity index (χ3v) is 3.07. The molecule has 0 fully saturated rings. The van der Waals surface area contributed by atoms with Gasteiger partial charge in [-0.15, -0.1) is 0 Å². The number of nitrogens with one attached hydrogen (secondary N) is 1. The highest BCUT2D eigenvalue weighted by atomic mass is 35.5. The summed E-state index contributed by atoms with van der Waals surface area (Å²) in [6.07, 6.45) is 3.57. The molecule has 4 nitrogen and oxygen atoms in total. The maximum absolute atomic E-state index is 6.08. The van der Waals surface area contributed by atoms with Crippen molar-refractivity contribution in [2.75, 3.05) is 5.32 Å². The zero-order valence-corrected chi connectivity index (χ0v) is 11.4. The summed E-state index contributed by atoms with van der Waals surface area (Å²) in [6, 6.07) is 3.99. The van der Waals surface area contributed by atoms with Gasteiger partial charge in [-0.05, 0) is 32.4 Å². The Morgan fingerprint density at radius 3 is 2.61 bits per heavy atom. The predicted octanol–water partition coefficient (Wildman–Crippen LogP) is 3.31. The second-order valence-corrected chi connectivity index (χ2v) is 4.54. The van der Waals surface area contributed by atoms with Gasteiger partial charge in [-0.2, -0.15) is 0 Å². The van der Waals surface area contributed by atoms with Crippen molar-refractivity contribution in [3.63, 3.8) is 0 Å². The minimum atomic E-state index is 0.0765. The number of hydrogen-bond donors (Lipinski definition) is 1. The standard InChI is InChI=1S/C13H15ClN4/c1-8-9(2)17-13(12(14)16-8)18-10(3)11-5-4-6-15-7-11/h4-7,10H,1-3H3,(H,17,18). The molecule has 94 valence electrons. The predicted molar refractivity (Wildman–Crippen MR) is 72.8 cm³/mol. The Morgan fingerprint density at radius 2 is 1.94 bits per heavy atom. The first kappa shape index (κ1) is 12.8. The average molecular weight is 263 g/mol. The second-order valence-electron chi connectivity index (χ2n) is 4.19. The van der Waals surface area contributed by atoms with E-state index in [4.69, 9.17) is 11.6 Å². The third-order valence-electron chi connectivity index (χ3n) is 2.80. The highest BCUT2D eigenvalue weighted by Gasteiger charge is 2.11. The Bertz CT molecular complexity index is 542. The molecule has 0 bridgehead atoms. The molecular formula is C13H15ClN4. The first-order chi connectivity index (χ1) is 8.58. The Hall–Kier alpha value is -1.68. The van der Waals surface area contributed by atoms with Crippen LogP contribution in [-0.4, -0.2) is 15.0 Å². The fourth-order valence-corrected chi connectivity index (χ4v) is 1.81. The zero-order valence-electron chi connectivity index (χ0n) is 10.6. The number of pyridine rings is 1. The van der Waals surface area contributed by atoms with Crippen molar-refractivity contribution >= 4 is 17.4 Å². The molecule has 0 aliphatic rings. The van der Waals surface area contributed by atoms with Crippen LogP contribution < -0.4 is 5.32 Å². The van der Waals surface area contributed by atoms with Gasteiger partial charge in [-0.1, -0.05) is 17.7 Å². The Labute approximate surface area is 111 Å². The van der Waals surface area contributed by atoms with Crippen LogP contribution in [-0.2, 0) is 0 Å². The quantitative estimate of drug-likeness (QED) is 0.922. The summed E-state index contributed by atoms with van der Waals surface area (Å²) >= 11 is 6.08. The highest BCUT2D eigenvalue weighted by molar-refractivity contribution is 6.31. The molecule has 0 aromatic carbocycles. The third kappa shape index (κ3) is 2.76. The van der Waals surface area contributed by atoms with Crippen LogP contribution in [0, 0.1) is 13.8 Å². The molecule has 0 aliphatic carbocycles. The van der Waals surface area contributed by atoms with Crippen LogP contribution in [0.3, 0.4) is 0 Å². The summed E-state index contributed by atoms with van der Waals surface area (Å²) in [5.74, 6) is 0.608. The topological polar surface area (TPSA) is 50.7 Å². The van der Waals surface area contributed by atoms with Gasteiger partial charge >= 0.3 is 0 Å². The molecule has 0 aliphatic heterocycles. The summed E-state index contributed by atoms with van der Waals surface area (Å²) in [5, 5.41) is 3.65. The Kier molecular flexibility index (Phi) is 3.77.